The van der Waals surface area contributed by atoms with E-state index < -0.39 is 0 Å². The van der Waals surface area contributed by atoms with E-state index in [0.29, 0.717) is 0 Å². The van der Waals surface area contributed by atoms with Crippen molar-refractivity contribution in [2.75, 3.05) is 46.4 Å². The van der Waals surface area contributed by atoms with E-state index in [-0.39, 0.29) is 12.1 Å². The van der Waals surface area contributed by atoms with Crippen molar-refractivity contribution in [2.24, 2.45) is 0 Å². The smallest absolute Gasteiger partial charge is 0.0610 e. The lowest BCUT2D eigenvalue weighted by molar-refractivity contribution is 0.0848. The molecule has 0 spiro atoms. The summed E-state index contributed by atoms with van der Waals surface area (Å²) in [5.74, 6) is 0. The predicted octanol–water partition coefficient (Wildman–Crippen LogP) is 0.907. The fourth-order valence-corrected chi connectivity index (χ4v) is 3.31. The predicted molar refractivity (Wildman–Crippen MR) is 79.4 cm³/mol. The number of likely N-dealkylation sites (N-methyl/N-ethyl adjacent to an activating group) is 1. The highest BCUT2D eigenvalue weighted by Crippen LogP contribution is 2.24. The van der Waals surface area contributed by atoms with Crippen molar-refractivity contribution in [3.63, 3.8) is 0 Å². The molecule has 112 valence electrons. The lowest BCUT2D eigenvalue weighted by Crippen LogP contribution is -2.52. The van der Waals surface area contributed by atoms with Gasteiger partial charge in [0.15, 0.2) is 0 Å². The Bertz CT molecular complexity index is 254. The number of aliphatic hydroxyl groups is 1. The van der Waals surface area contributed by atoms with Gasteiger partial charge >= 0.3 is 0 Å². The Hall–Kier alpha value is -0.160. The van der Waals surface area contributed by atoms with Gasteiger partial charge in [-0.15, -0.1) is 0 Å². The zero-order valence-electron chi connectivity index (χ0n) is 12.7. The molecule has 0 bridgehead atoms. The van der Waals surface area contributed by atoms with Gasteiger partial charge in [-0.05, 0) is 33.2 Å². The van der Waals surface area contributed by atoms with Gasteiger partial charge in [-0.3, -0.25) is 4.90 Å². The van der Waals surface area contributed by atoms with Gasteiger partial charge in [-0.25, -0.2) is 0 Å². The number of hydrogen-bond donors (Lipinski definition) is 2. The molecule has 0 aromatic heterocycles. The first-order valence-electron chi connectivity index (χ1n) is 7.93. The number of piperazine rings is 1. The van der Waals surface area contributed by atoms with Crippen LogP contribution >= 0.6 is 0 Å². The van der Waals surface area contributed by atoms with Gasteiger partial charge in [0.2, 0.25) is 0 Å². The quantitative estimate of drug-likeness (QED) is 0.752. The van der Waals surface area contributed by atoms with Gasteiger partial charge in [0.1, 0.15) is 0 Å². The molecule has 1 heterocycles. The zero-order valence-corrected chi connectivity index (χ0v) is 12.7. The molecule has 4 heteroatoms. The molecule has 2 fully saturated rings. The van der Waals surface area contributed by atoms with Crippen LogP contribution in [0.4, 0.5) is 0 Å². The molecule has 19 heavy (non-hydrogen) atoms. The number of nitrogens with zero attached hydrogens (tertiary/aromatic N) is 2. The van der Waals surface area contributed by atoms with Crippen LogP contribution in [-0.2, 0) is 0 Å². The first-order valence-corrected chi connectivity index (χ1v) is 7.93. The molecule has 0 amide bonds. The average Bonchev–Trinajstić information content (AvgIpc) is 2.99. The van der Waals surface area contributed by atoms with Crippen LogP contribution in [0.15, 0.2) is 0 Å². The first-order chi connectivity index (χ1) is 9.17. The third-order valence-corrected chi connectivity index (χ3v) is 5.18. The monoisotopic (exact) mass is 269 g/mol. The third-order valence-electron chi connectivity index (χ3n) is 5.18. The SMILES string of the molecule is CNC(C)(CO)CCN1CCN(C2CCCC2)CC1. The Morgan fingerprint density at radius 2 is 1.79 bits per heavy atom. The molecular formula is C15H31N3O. The summed E-state index contributed by atoms with van der Waals surface area (Å²) in [7, 11) is 1.94. The van der Waals surface area contributed by atoms with E-state index in [0.717, 1.165) is 19.0 Å². The highest BCUT2D eigenvalue weighted by molar-refractivity contribution is 4.85. The Morgan fingerprint density at radius 3 is 2.32 bits per heavy atom. The van der Waals surface area contributed by atoms with Crippen molar-refractivity contribution in [1.29, 1.82) is 0 Å². The van der Waals surface area contributed by atoms with Gasteiger partial charge in [0.05, 0.1) is 6.61 Å². The van der Waals surface area contributed by atoms with Gasteiger partial charge in [-0.2, -0.15) is 0 Å². The molecule has 0 aromatic carbocycles. The molecule has 2 N–H and O–H groups in total. The van der Waals surface area contributed by atoms with Crippen molar-refractivity contribution >= 4 is 0 Å². The Kier molecular flexibility index (Phi) is 5.63. The van der Waals surface area contributed by atoms with E-state index in [4.69, 9.17) is 0 Å². The highest BCUT2D eigenvalue weighted by atomic mass is 16.3. The Balaban J connectivity index is 1.68. The molecular weight excluding hydrogens is 238 g/mol. The summed E-state index contributed by atoms with van der Waals surface area (Å²) in [6.45, 7) is 8.27. The molecule has 1 atom stereocenters. The van der Waals surface area contributed by atoms with Crippen LogP contribution in [0.25, 0.3) is 0 Å². The van der Waals surface area contributed by atoms with Crippen LogP contribution in [-0.4, -0.2) is 72.9 Å². The Labute approximate surface area is 118 Å². The molecule has 2 aliphatic rings. The second-order valence-corrected chi connectivity index (χ2v) is 6.53. The van der Waals surface area contributed by atoms with Crippen molar-refractivity contribution in [1.82, 2.24) is 15.1 Å². The third kappa shape index (κ3) is 4.15. The molecule has 4 nitrogen and oxygen atoms in total. The molecule has 1 saturated heterocycles. The fourth-order valence-electron chi connectivity index (χ4n) is 3.31. The minimum absolute atomic E-state index is 0.122. The van der Waals surface area contributed by atoms with Crippen molar-refractivity contribution in [3.8, 4) is 0 Å². The minimum Gasteiger partial charge on any atom is -0.394 e. The van der Waals surface area contributed by atoms with Crippen molar-refractivity contribution in [3.05, 3.63) is 0 Å². The van der Waals surface area contributed by atoms with Gasteiger partial charge in [-0.1, -0.05) is 12.8 Å². The summed E-state index contributed by atoms with van der Waals surface area (Å²) in [6, 6.07) is 0.877. The standard InChI is InChI=1S/C15H31N3O/c1-15(13-19,16-2)7-8-17-9-11-18(12-10-17)14-5-3-4-6-14/h14,16,19H,3-13H2,1-2H3. The van der Waals surface area contributed by atoms with E-state index in [9.17, 15) is 5.11 Å². The number of aliphatic hydroxyl groups excluding tert-OH is 1. The Morgan fingerprint density at radius 1 is 1.16 bits per heavy atom. The molecule has 1 saturated carbocycles. The topological polar surface area (TPSA) is 38.7 Å². The molecule has 1 aliphatic heterocycles. The number of rotatable bonds is 6. The van der Waals surface area contributed by atoms with E-state index in [1.165, 1.54) is 51.9 Å². The van der Waals surface area contributed by atoms with Crippen molar-refractivity contribution < 1.29 is 5.11 Å². The fraction of sp³-hybridized carbons (Fsp3) is 1.00. The maximum Gasteiger partial charge on any atom is 0.0610 e. The van der Waals surface area contributed by atoms with Gasteiger partial charge < -0.3 is 15.3 Å². The molecule has 0 radical (unpaired) electrons. The van der Waals surface area contributed by atoms with Crippen LogP contribution in [0.2, 0.25) is 0 Å². The molecule has 0 aromatic rings. The van der Waals surface area contributed by atoms with Gasteiger partial charge in [0, 0.05) is 44.3 Å². The van der Waals surface area contributed by atoms with Crippen LogP contribution < -0.4 is 5.32 Å². The summed E-state index contributed by atoms with van der Waals surface area (Å²) in [6.07, 6.45) is 6.72. The lowest BCUT2D eigenvalue weighted by atomic mass is 9.99. The summed E-state index contributed by atoms with van der Waals surface area (Å²) < 4.78 is 0. The molecule has 1 aliphatic carbocycles. The van der Waals surface area contributed by atoms with Crippen LogP contribution in [0.3, 0.4) is 0 Å². The molecule has 2 rings (SSSR count). The second kappa shape index (κ2) is 7.02. The second-order valence-electron chi connectivity index (χ2n) is 6.53. The number of hydrogen-bond acceptors (Lipinski definition) is 4. The van der Waals surface area contributed by atoms with E-state index in [1.807, 2.05) is 7.05 Å². The first kappa shape index (κ1) is 15.2. The number of nitrogens with one attached hydrogen (secondary N) is 1. The maximum atomic E-state index is 9.41. The molecule has 1 unspecified atom stereocenters. The van der Waals surface area contributed by atoms with E-state index >= 15 is 0 Å². The minimum atomic E-state index is -0.122. The average molecular weight is 269 g/mol. The summed E-state index contributed by atoms with van der Waals surface area (Å²) in [5.41, 5.74) is -0.122. The largest absolute Gasteiger partial charge is 0.394 e. The maximum absolute atomic E-state index is 9.41. The lowest BCUT2D eigenvalue weighted by Gasteiger charge is -2.39. The van der Waals surface area contributed by atoms with Gasteiger partial charge in [0.25, 0.3) is 0 Å². The summed E-state index contributed by atoms with van der Waals surface area (Å²) in [4.78, 5) is 5.25. The zero-order chi connectivity index (χ0) is 13.7. The summed E-state index contributed by atoms with van der Waals surface area (Å²) >= 11 is 0. The highest BCUT2D eigenvalue weighted by Gasteiger charge is 2.27. The van der Waals surface area contributed by atoms with Crippen molar-refractivity contribution in [2.45, 2.75) is 50.6 Å². The van der Waals surface area contributed by atoms with E-state index in [1.54, 1.807) is 0 Å². The van der Waals surface area contributed by atoms with Crippen LogP contribution in [0, 0.1) is 0 Å². The van der Waals surface area contributed by atoms with Crippen LogP contribution in [0.1, 0.15) is 39.0 Å². The van der Waals surface area contributed by atoms with Crippen LogP contribution in [0.5, 0.6) is 0 Å². The van der Waals surface area contributed by atoms with E-state index in [2.05, 4.69) is 22.0 Å². The summed E-state index contributed by atoms with van der Waals surface area (Å²) in [5, 5.41) is 12.6. The normalized spacial score (nSPS) is 26.7.